The molecule has 0 aliphatic rings. The molecule has 0 aliphatic carbocycles. The number of halogens is 1. The molecule has 0 aromatic heterocycles. The number of ether oxygens (including phenoxy) is 2. The standard InChI is InChI=1S/C9H11ClO3/c1-12-7-4-3-6(5-10)9(13-2)8(7)11/h3-4,11H,5H2,1-2H3. The van der Waals surface area contributed by atoms with E-state index in [0.29, 0.717) is 17.4 Å². The molecule has 0 saturated heterocycles. The van der Waals surface area contributed by atoms with Crippen LogP contribution in [0.4, 0.5) is 0 Å². The number of phenols is 1. The van der Waals surface area contributed by atoms with Crippen molar-refractivity contribution in [3.63, 3.8) is 0 Å². The molecule has 0 radical (unpaired) electrons. The van der Waals surface area contributed by atoms with Gasteiger partial charge in [-0.25, -0.2) is 0 Å². The highest BCUT2D eigenvalue weighted by Gasteiger charge is 2.12. The van der Waals surface area contributed by atoms with Gasteiger partial charge in [-0.1, -0.05) is 6.07 Å². The van der Waals surface area contributed by atoms with Crippen molar-refractivity contribution in [2.45, 2.75) is 5.88 Å². The zero-order valence-electron chi connectivity index (χ0n) is 7.50. The second-order valence-corrected chi connectivity index (χ2v) is 2.71. The number of methoxy groups -OCH3 is 2. The van der Waals surface area contributed by atoms with E-state index in [4.69, 9.17) is 21.1 Å². The van der Waals surface area contributed by atoms with Gasteiger partial charge in [0.2, 0.25) is 5.75 Å². The highest BCUT2D eigenvalue weighted by Crippen LogP contribution is 2.39. The van der Waals surface area contributed by atoms with Crippen LogP contribution in [0, 0.1) is 0 Å². The Hall–Kier alpha value is -1.09. The van der Waals surface area contributed by atoms with Crippen LogP contribution in [0.3, 0.4) is 0 Å². The summed E-state index contributed by atoms with van der Waals surface area (Å²) >= 11 is 5.65. The van der Waals surface area contributed by atoms with E-state index in [0.717, 1.165) is 5.56 Å². The van der Waals surface area contributed by atoms with Gasteiger partial charge < -0.3 is 14.6 Å². The third-order valence-electron chi connectivity index (χ3n) is 1.74. The van der Waals surface area contributed by atoms with Crippen molar-refractivity contribution in [2.75, 3.05) is 14.2 Å². The van der Waals surface area contributed by atoms with Crippen LogP contribution in [0.25, 0.3) is 0 Å². The largest absolute Gasteiger partial charge is 0.502 e. The summed E-state index contributed by atoms with van der Waals surface area (Å²) in [4.78, 5) is 0. The van der Waals surface area contributed by atoms with Crippen molar-refractivity contribution in [1.29, 1.82) is 0 Å². The number of benzene rings is 1. The Morgan fingerprint density at radius 2 is 2.00 bits per heavy atom. The van der Waals surface area contributed by atoms with Crippen LogP contribution in [-0.4, -0.2) is 19.3 Å². The smallest absolute Gasteiger partial charge is 0.201 e. The van der Waals surface area contributed by atoms with Gasteiger partial charge >= 0.3 is 0 Å². The summed E-state index contributed by atoms with van der Waals surface area (Å²) in [7, 11) is 2.96. The summed E-state index contributed by atoms with van der Waals surface area (Å²) in [5, 5.41) is 9.59. The number of alkyl halides is 1. The summed E-state index contributed by atoms with van der Waals surface area (Å²) in [6.45, 7) is 0. The molecule has 0 atom stereocenters. The number of hydrogen-bond acceptors (Lipinski definition) is 3. The summed E-state index contributed by atoms with van der Waals surface area (Å²) in [6.07, 6.45) is 0. The molecular weight excluding hydrogens is 192 g/mol. The Kier molecular flexibility index (Phi) is 3.25. The van der Waals surface area contributed by atoms with Gasteiger partial charge in [0.1, 0.15) is 0 Å². The predicted molar refractivity (Wildman–Crippen MR) is 50.8 cm³/mol. The van der Waals surface area contributed by atoms with Crippen molar-refractivity contribution in [3.05, 3.63) is 17.7 Å². The summed E-state index contributed by atoms with van der Waals surface area (Å²) in [5.41, 5.74) is 0.738. The van der Waals surface area contributed by atoms with Crippen LogP contribution >= 0.6 is 11.6 Å². The molecule has 1 aromatic carbocycles. The van der Waals surface area contributed by atoms with Crippen molar-refractivity contribution in [2.24, 2.45) is 0 Å². The Bertz CT molecular complexity index is 299. The third-order valence-corrected chi connectivity index (χ3v) is 2.03. The van der Waals surface area contributed by atoms with Crippen molar-refractivity contribution in [3.8, 4) is 17.2 Å². The maximum Gasteiger partial charge on any atom is 0.201 e. The van der Waals surface area contributed by atoms with Crippen LogP contribution in [-0.2, 0) is 5.88 Å². The molecule has 1 aromatic rings. The summed E-state index contributed by atoms with van der Waals surface area (Å²) in [6, 6.07) is 3.40. The molecule has 0 heterocycles. The first-order valence-electron chi connectivity index (χ1n) is 3.73. The zero-order chi connectivity index (χ0) is 9.84. The number of rotatable bonds is 3. The lowest BCUT2D eigenvalue weighted by atomic mass is 10.2. The van der Waals surface area contributed by atoms with Gasteiger partial charge in [-0.05, 0) is 6.07 Å². The normalized spacial score (nSPS) is 9.77. The quantitative estimate of drug-likeness (QED) is 0.764. The van der Waals surface area contributed by atoms with Gasteiger partial charge in [-0.15, -0.1) is 11.6 Å². The first-order valence-corrected chi connectivity index (χ1v) is 4.26. The maximum atomic E-state index is 9.59. The molecule has 1 rings (SSSR count). The molecule has 4 heteroatoms. The van der Waals surface area contributed by atoms with E-state index in [1.807, 2.05) is 0 Å². The lowest BCUT2D eigenvalue weighted by molar-refractivity contribution is 0.338. The molecule has 0 spiro atoms. The minimum atomic E-state index is -0.0110. The minimum absolute atomic E-state index is 0.0110. The van der Waals surface area contributed by atoms with Crippen LogP contribution in [0.2, 0.25) is 0 Å². The molecular formula is C9H11ClO3. The lowest BCUT2D eigenvalue weighted by Crippen LogP contribution is -1.92. The Morgan fingerprint density at radius 1 is 1.31 bits per heavy atom. The van der Waals surface area contributed by atoms with Crippen LogP contribution in [0.15, 0.2) is 12.1 Å². The average Bonchev–Trinajstić information content (AvgIpc) is 2.17. The van der Waals surface area contributed by atoms with E-state index in [9.17, 15) is 5.11 Å². The molecule has 0 unspecified atom stereocenters. The van der Waals surface area contributed by atoms with E-state index in [-0.39, 0.29) is 5.75 Å². The SMILES string of the molecule is COc1ccc(CCl)c(OC)c1O. The van der Waals surface area contributed by atoms with Crippen molar-refractivity contribution in [1.82, 2.24) is 0 Å². The second kappa shape index (κ2) is 4.23. The molecule has 0 saturated carbocycles. The molecule has 0 amide bonds. The molecule has 13 heavy (non-hydrogen) atoms. The molecule has 1 N–H and O–H groups in total. The molecule has 0 fully saturated rings. The lowest BCUT2D eigenvalue weighted by Gasteiger charge is -2.10. The first kappa shape index (κ1) is 9.99. The summed E-state index contributed by atoms with van der Waals surface area (Å²) < 4.78 is 9.91. The molecule has 3 nitrogen and oxygen atoms in total. The molecule has 0 aliphatic heterocycles. The average molecular weight is 203 g/mol. The van der Waals surface area contributed by atoms with E-state index < -0.39 is 0 Å². The van der Waals surface area contributed by atoms with E-state index in [1.165, 1.54) is 14.2 Å². The van der Waals surface area contributed by atoms with Crippen molar-refractivity contribution >= 4 is 11.6 Å². The van der Waals surface area contributed by atoms with Gasteiger partial charge in [0.15, 0.2) is 11.5 Å². The van der Waals surface area contributed by atoms with Gasteiger partial charge in [-0.3, -0.25) is 0 Å². The first-order chi connectivity index (χ1) is 6.24. The van der Waals surface area contributed by atoms with E-state index in [1.54, 1.807) is 12.1 Å². The monoisotopic (exact) mass is 202 g/mol. The fourth-order valence-electron chi connectivity index (χ4n) is 1.09. The van der Waals surface area contributed by atoms with Gasteiger partial charge in [-0.2, -0.15) is 0 Å². The minimum Gasteiger partial charge on any atom is -0.502 e. The fraction of sp³-hybridized carbons (Fsp3) is 0.333. The van der Waals surface area contributed by atoms with Gasteiger partial charge in [0, 0.05) is 5.56 Å². The summed E-state index contributed by atoms with van der Waals surface area (Å²) in [5.74, 6) is 1.03. The molecule has 72 valence electrons. The topological polar surface area (TPSA) is 38.7 Å². The zero-order valence-corrected chi connectivity index (χ0v) is 8.26. The van der Waals surface area contributed by atoms with E-state index in [2.05, 4.69) is 0 Å². The van der Waals surface area contributed by atoms with Crippen LogP contribution < -0.4 is 9.47 Å². The Labute approximate surface area is 81.9 Å². The Morgan fingerprint density at radius 3 is 2.46 bits per heavy atom. The highest BCUT2D eigenvalue weighted by molar-refractivity contribution is 6.17. The number of aromatic hydroxyl groups is 1. The maximum absolute atomic E-state index is 9.59. The van der Waals surface area contributed by atoms with Crippen molar-refractivity contribution < 1.29 is 14.6 Å². The predicted octanol–water partition coefficient (Wildman–Crippen LogP) is 2.15. The molecule has 0 bridgehead atoms. The van der Waals surface area contributed by atoms with Gasteiger partial charge in [0.05, 0.1) is 20.1 Å². The van der Waals surface area contributed by atoms with Gasteiger partial charge in [0.25, 0.3) is 0 Å². The van der Waals surface area contributed by atoms with Crippen LogP contribution in [0.5, 0.6) is 17.2 Å². The highest BCUT2D eigenvalue weighted by atomic mass is 35.5. The number of phenolic OH excluding ortho intramolecular Hbond substituents is 1. The second-order valence-electron chi connectivity index (χ2n) is 2.44. The Balaban J connectivity index is 3.23. The van der Waals surface area contributed by atoms with Crippen LogP contribution in [0.1, 0.15) is 5.56 Å². The fourth-order valence-corrected chi connectivity index (χ4v) is 1.30. The number of hydrogen-bond donors (Lipinski definition) is 1. The third kappa shape index (κ3) is 1.80. The van der Waals surface area contributed by atoms with E-state index >= 15 is 0 Å².